The molecule has 0 fully saturated rings. The van der Waals surface area contributed by atoms with Gasteiger partial charge in [0.15, 0.2) is 0 Å². The Labute approximate surface area is 146 Å². The highest BCUT2D eigenvalue weighted by Crippen LogP contribution is 2.27. The zero-order valence-corrected chi connectivity index (χ0v) is 14.9. The minimum absolute atomic E-state index is 0.119. The lowest BCUT2D eigenvalue weighted by atomic mass is 9.99. The highest BCUT2D eigenvalue weighted by Gasteiger charge is 2.22. The maximum atomic E-state index is 11.0. The van der Waals surface area contributed by atoms with Crippen LogP contribution in [0.3, 0.4) is 0 Å². The monoisotopic (exact) mass is 342 g/mol. The summed E-state index contributed by atoms with van der Waals surface area (Å²) in [5.74, 6) is 2.19. The van der Waals surface area contributed by atoms with Gasteiger partial charge in [-0.2, -0.15) is 15.0 Å². The van der Waals surface area contributed by atoms with Gasteiger partial charge in [0.1, 0.15) is 5.82 Å². The standard InChI is InChI=1S/C17H22N6O2/c1-11(2)15-18-16(21(3)4)20-17(19-15)22-8-7-12-5-6-14(23(24)25)9-13(12)10-22/h5-6,9,11H,7-8,10H2,1-4H3. The summed E-state index contributed by atoms with van der Waals surface area (Å²) in [4.78, 5) is 28.3. The van der Waals surface area contributed by atoms with E-state index in [0.29, 0.717) is 18.4 Å². The third-order valence-corrected chi connectivity index (χ3v) is 4.24. The van der Waals surface area contributed by atoms with E-state index >= 15 is 0 Å². The van der Waals surface area contributed by atoms with Gasteiger partial charge in [0.2, 0.25) is 11.9 Å². The first-order chi connectivity index (χ1) is 11.8. The molecule has 0 spiro atoms. The molecule has 25 heavy (non-hydrogen) atoms. The van der Waals surface area contributed by atoms with Crippen LogP contribution >= 0.6 is 0 Å². The van der Waals surface area contributed by atoms with Crippen molar-refractivity contribution < 1.29 is 4.92 Å². The van der Waals surface area contributed by atoms with Gasteiger partial charge in [-0.15, -0.1) is 0 Å². The molecule has 0 saturated heterocycles. The number of benzene rings is 1. The van der Waals surface area contributed by atoms with E-state index in [1.165, 1.54) is 0 Å². The molecule has 0 atom stereocenters. The summed E-state index contributed by atoms with van der Waals surface area (Å²) in [6, 6.07) is 5.07. The van der Waals surface area contributed by atoms with Crippen LogP contribution in [0, 0.1) is 10.1 Å². The number of nitro groups is 1. The van der Waals surface area contributed by atoms with Gasteiger partial charge in [-0.1, -0.05) is 19.9 Å². The Bertz CT molecular complexity index is 779. The van der Waals surface area contributed by atoms with Crippen molar-refractivity contribution >= 4 is 17.6 Å². The Morgan fingerprint density at radius 1 is 1.20 bits per heavy atom. The molecule has 132 valence electrons. The van der Waals surface area contributed by atoms with Gasteiger partial charge in [0, 0.05) is 45.2 Å². The Morgan fingerprint density at radius 3 is 2.60 bits per heavy atom. The van der Waals surface area contributed by atoms with E-state index in [1.807, 2.05) is 38.9 Å². The van der Waals surface area contributed by atoms with Crippen LogP contribution in [0.15, 0.2) is 18.2 Å². The van der Waals surface area contributed by atoms with Crippen LogP contribution in [-0.2, 0) is 13.0 Å². The average molecular weight is 342 g/mol. The molecule has 0 amide bonds. The van der Waals surface area contributed by atoms with E-state index in [2.05, 4.69) is 19.9 Å². The van der Waals surface area contributed by atoms with Crippen molar-refractivity contribution in [1.29, 1.82) is 0 Å². The highest BCUT2D eigenvalue weighted by atomic mass is 16.6. The van der Waals surface area contributed by atoms with E-state index in [-0.39, 0.29) is 16.5 Å². The third kappa shape index (κ3) is 3.52. The zero-order chi connectivity index (χ0) is 18.1. The van der Waals surface area contributed by atoms with Crippen LogP contribution in [0.25, 0.3) is 0 Å². The second kappa shape index (κ2) is 6.62. The van der Waals surface area contributed by atoms with Crippen LogP contribution in [0.4, 0.5) is 17.6 Å². The summed E-state index contributed by atoms with van der Waals surface area (Å²) < 4.78 is 0. The summed E-state index contributed by atoms with van der Waals surface area (Å²) in [6.45, 7) is 5.44. The van der Waals surface area contributed by atoms with Gasteiger partial charge < -0.3 is 9.80 Å². The van der Waals surface area contributed by atoms with Gasteiger partial charge in [-0.05, 0) is 17.5 Å². The molecule has 0 saturated carbocycles. The van der Waals surface area contributed by atoms with Gasteiger partial charge in [0.05, 0.1) is 4.92 Å². The highest BCUT2D eigenvalue weighted by molar-refractivity contribution is 5.47. The fraction of sp³-hybridized carbons (Fsp3) is 0.471. The molecule has 0 aliphatic carbocycles. The number of non-ortho nitro benzene ring substituents is 1. The van der Waals surface area contributed by atoms with Crippen LogP contribution in [0.2, 0.25) is 0 Å². The van der Waals surface area contributed by atoms with Crippen molar-refractivity contribution in [3.8, 4) is 0 Å². The van der Waals surface area contributed by atoms with E-state index in [0.717, 1.165) is 29.9 Å². The smallest absolute Gasteiger partial charge is 0.269 e. The second-order valence-electron chi connectivity index (χ2n) is 6.72. The number of aromatic nitrogens is 3. The third-order valence-electron chi connectivity index (χ3n) is 4.24. The zero-order valence-electron chi connectivity index (χ0n) is 14.9. The molecule has 1 aromatic carbocycles. The number of rotatable bonds is 4. The van der Waals surface area contributed by atoms with E-state index in [1.54, 1.807) is 12.1 Å². The number of hydrogen-bond acceptors (Lipinski definition) is 7. The van der Waals surface area contributed by atoms with Crippen molar-refractivity contribution in [3.63, 3.8) is 0 Å². The summed E-state index contributed by atoms with van der Waals surface area (Å²) in [6.07, 6.45) is 0.813. The van der Waals surface area contributed by atoms with Crippen molar-refractivity contribution in [2.45, 2.75) is 32.7 Å². The van der Waals surface area contributed by atoms with Crippen LogP contribution in [-0.4, -0.2) is 40.5 Å². The van der Waals surface area contributed by atoms with E-state index in [9.17, 15) is 10.1 Å². The van der Waals surface area contributed by atoms with E-state index < -0.39 is 0 Å². The Morgan fingerprint density at radius 2 is 1.96 bits per heavy atom. The predicted octanol–water partition coefficient (Wildman–Crippen LogP) is 2.53. The summed E-state index contributed by atoms with van der Waals surface area (Å²) in [5.41, 5.74) is 2.22. The minimum Gasteiger partial charge on any atom is -0.347 e. The van der Waals surface area contributed by atoms with Gasteiger partial charge in [0.25, 0.3) is 5.69 Å². The molecule has 8 nitrogen and oxygen atoms in total. The lowest BCUT2D eigenvalue weighted by molar-refractivity contribution is -0.384. The Kier molecular flexibility index (Phi) is 4.52. The molecule has 0 unspecified atom stereocenters. The Balaban J connectivity index is 1.95. The topological polar surface area (TPSA) is 88.3 Å². The molecule has 2 heterocycles. The molecule has 1 aromatic heterocycles. The molecular formula is C17H22N6O2. The maximum absolute atomic E-state index is 11.0. The molecule has 1 aliphatic heterocycles. The fourth-order valence-corrected chi connectivity index (χ4v) is 2.80. The van der Waals surface area contributed by atoms with Crippen LogP contribution in [0.1, 0.15) is 36.7 Å². The van der Waals surface area contributed by atoms with Crippen LogP contribution in [0.5, 0.6) is 0 Å². The van der Waals surface area contributed by atoms with Gasteiger partial charge in [-0.3, -0.25) is 10.1 Å². The number of anilines is 2. The van der Waals surface area contributed by atoms with Gasteiger partial charge in [-0.25, -0.2) is 0 Å². The molecule has 0 N–H and O–H groups in total. The maximum Gasteiger partial charge on any atom is 0.269 e. The number of hydrogen-bond donors (Lipinski definition) is 0. The molecule has 8 heteroatoms. The molecule has 2 aromatic rings. The lowest BCUT2D eigenvalue weighted by Crippen LogP contribution is -2.33. The quantitative estimate of drug-likeness (QED) is 0.623. The van der Waals surface area contributed by atoms with Crippen molar-refractivity contribution in [3.05, 3.63) is 45.3 Å². The first-order valence-electron chi connectivity index (χ1n) is 8.29. The number of nitro benzene ring substituents is 1. The predicted molar refractivity (Wildman–Crippen MR) is 96.1 cm³/mol. The van der Waals surface area contributed by atoms with Crippen molar-refractivity contribution in [2.75, 3.05) is 30.4 Å². The fourth-order valence-electron chi connectivity index (χ4n) is 2.80. The second-order valence-corrected chi connectivity index (χ2v) is 6.72. The molecule has 0 bridgehead atoms. The van der Waals surface area contributed by atoms with E-state index in [4.69, 9.17) is 0 Å². The first-order valence-corrected chi connectivity index (χ1v) is 8.29. The SMILES string of the molecule is CC(C)c1nc(N(C)C)nc(N2CCc3ccc([N+](=O)[O-])cc3C2)n1. The van der Waals surface area contributed by atoms with Gasteiger partial charge >= 0.3 is 0 Å². The molecule has 3 rings (SSSR count). The Hall–Kier alpha value is -2.77. The number of nitrogens with zero attached hydrogens (tertiary/aromatic N) is 6. The van der Waals surface area contributed by atoms with Crippen molar-refractivity contribution in [2.24, 2.45) is 0 Å². The normalized spacial score (nSPS) is 13.7. The van der Waals surface area contributed by atoms with Crippen LogP contribution < -0.4 is 9.80 Å². The summed E-state index contributed by atoms with van der Waals surface area (Å²) in [7, 11) is 3.80. The minimum atomic E-state index is -0.358. The molecular weight excluding hydrogens is 320 g/mol. The average Bonchev–Trinajstić information content (AvgIpc) is 2.60. The largest absolute Gasteiger partial charge is 0.347 e. The lowest BCUT2D eigenvalue weighted by Gasteiger charge is -2.29. The number of fused-ring (bicyclic) bond motifs is 1. The summed E-state index contributed by atoms with van der Waals surface area (Å²) >= 11 is 0. The molecule has 0 radical (unpaired) electrons. The van der Waals surface area contributed by atoms with Crippen molar-refractivity contribution in [1.82, 2.24) is 15.0 Å². The summed E-state index contributed by atoms with van der Waals surface area (Å²) in [5, 5.41) is 11.0. The first kappa shape index (κ1) is 17.1. The molecule has 1 aliphatic rings.